The highest BCUT2D eigenvalue weighted by molar-refractivity contribution is 6.27. The van der Waals surface area contributed by atoms with Gasteiger partial charge in [-0.2, -0.15) is 0 Å². The first kappa shape index (κ1) is 13.0. The number of hydrogen-bond donors (Lipinski definition) is 0. The van der Waals surface area contributed by atoms with Crippen LogP contribution in [0.25, 0.3) is 0 Å². The molecule has 0 unspecified atom stereocenters. The molecule has 2 rings (SSSR count). The van der Waals surface area contributed by atoms with Gasteiger partial charge in [0.2, 0.25) is 5.91 Å². The lowest BCUT2D eigenvalue weighted by Crippen LogP contribution is -2.37. The molecule has 18 heavy (non-hydrogen) atoms. The van der Waals surface area contributed by atoms with E-state index in [2.05, 4.69) is 0 Å². The van der Waals surface area contributed by atoms with Crippen LogP contribution in [0.4, 0.5) is 0 Å². The highest BCUT2D eigenvalue weighted by Crippen LogP contribution is 2.10. The zero-order valence-corrected chi connectivity index (χ0v) is 10.7. The zero-order valence-electron chi connectivity index (χ0n) is 9.97. The van der Waals surface area contributed by atoms with E-state index in [0.29, 0.717) is 31.7 Å². The van der Waals surface area contributed by atoms with E-state index in [9.17, 15) is 9.59 Å². The summed E-state index contributed by atoms with van der Waals surface area (Å²) >= 11 is 5.53. The van der Waals surface area contributed by atoms with Crippen LogP contribution >= 0.6 is 11.6 Å². The maximum Gasteiger partial charge on any atom is 0.257 e. The summed E-state index contributed by atoms with van der Waals surface area (Å²) in [4.78, 5) is 27.0. The summed E-state index contributed by atoms with van der Waals surface area (Å²) in [6, 6.07) is 1.65. The highest BCUT2D eigenvalue weighted by atomic mass is 35.5. The van der Waals surface area contributed by atoms with Crippen molar-refractivity contribution < 1.29 is 14.0 Å². The predicted molar refractivity (Wildman–Crippen MR) is 66.5 cm³/mol. The molecule has 1 saturated heterocycles. The van der Waals surface area contributed by atoms with Gasteiger partial charge in [-0.05, 0) is 12.5 Å². The van der Waals surface area contributed by atoms with E-state index < -0.39 is 0 Å². The van der Waals surface area contributed by atoms with Gasteiger partial charge >= 0.3 is 0 Å². The van der Waals surface area contributed by atoms with E-state index in [1.54, 1.807) is 15.9 Å². The van der Waals surface area contributed by atoms with Crippen molar-refractivity contribution in [1.82, 2.24) is 9.80 Å². The molecule has 0 N–H and O–H groups in total. The monoisotopic (exact) mass is 270 g/mol. The average molecular weight is 271 g/mol. The van der Waals surface area contributed by atoms with Crippen molar-refractivity contribution in [3.8, 4) is 0 Å². The van der Waals surface area contributed by atoms with Crippen LogP contribution in [0.1, 0.15) is 16.8 Å². The number of furan rings is 1. The van der Waals surface area contributed by atoms with Crippen molar-refractivity contribution in [2.75, 3.05) is 32.1 Å². The van der Waals surface area contributed by atoms with Crippen LogP contribution in [0.15, 0.2) is 23.0 Å². The zero-order chi connectivity index (χ0) is 13.0. The number of halogens is 1. The first-order valence-electron chi connectivity index (χ1n) is 5.87. The fraction of sp³-hybridized carbons (Fsp3) is 0.500. The van der Waals surface area contributed by atoms with Crippen molar-refractivity contribution in [2.24, 2.45) is 0 Å². The number of nitrogens with zero attached hydrogens (tertiary/aromatic N) is 2. The van der Waals surface area contributed by atoms with Gasteiger partial charge in [-0.3, -0.25) is 9.59 Å². The average Bonchev–Trinajstić information content (AvgIpc) is 2.81. The van der Waals surface area contributed by atoms with Gasteiger partial charge in [-0.1, -0.05) is 0 Å². The van der Waals surface area contributed by atoms with Crippen LogP contribution < -0.4 is 0 Å². The Bertz CT molecular complexity index is 419. The lowest BCUT2D eigenvalue weighted by atomic mass is 10.3. The summed E-state index contributed by atoms with van der Waals surface area (Å²) in [5.74, 6) is -0.131. The van der Waals surface area contributed by atoms with Crippen molar-refractivity contribution in [1.29, 1.82) is 0 Å². The molecule has 98 valence electrons. The Hall–Kier alpha value is -1.49. The molecule has 0 spiro atoms. The molecule has 6 heteroatoms. The van der Waals surface area contributed by atoms with Gasteiger partial charge in [0, 0.05) is 26.2 Å². The third-order valence-electron chi connectivity index (χ3n) is 3.02. The molecule has 0 atom stereocenters. The fourth-order valence-electron chi connectivity index (χ4n) is 2.02. The normalized spacial score (nSPS) is 16.5. The molecule has 0 aliphatic carbocycles. The minimum atomic E-state index is -0.0747. The van der Waals surface area contributed by atoms with Gasteiger partial charge in [-0.15, -0.1) is 11.6 Å². The van der Waals surface area contributed by atoms with Gasteiger partial charge in [0.1, 0.15) is 12.1 Å². The number of carbonyl (C=O) groups excluding carboxylic acids is 2. The molecule has 5 nitrogen and oxygen atoms in total. The van der Waals surface area contributed by atoms with E-state index >= 15 is 0 Å². The minimum Gasteiger partial charge on any atom is -0.472 e. The van der Waals surface area contributed by atoms with E-state index in [-0.39, 0.29) is 17.7 Å². The summed E-state index contributed by atoms with van der Waals surface area (Å²) in [7, 11) is 0. The molecule has 2 heterocycles. The molecule has 0 bridgehead atoms. The molecule has 2 amide bonds. The summed E-state index contributed by atoms with van der Waals surface area (Å²) in [5, 5.41) is 0. The Morgan fingerprint density at radius 3 is 2.61 bits per heavy atom. The van der Waals surface area contributed by atoms with Crippen LogP contribution in [0, 0.1) is 0 Å². The first-order chi connectivity index (χ1) is 8.72. The largest absolute Gasteiger partial charge is 0.472 e. The predicted octanol–water partition coefficient (Wildman–Crippen LogP) is 1.19. The molecule has 1 aliphatic heterocycles. The number of amides is 2. The molecule has 0 saturated carbocycles. The minimum absolute atomic E-state index is 0.00429. The number of carbonyl (C=O) groups is 2. The van der Waals surface area contributed by atoms with Gasteiger partial charge in [-0.25, -0.2) is 0 Å². The van der Waals surface area contributed by atoms with Gasteiger partial charge in [0.15, 0.2) is 0 Å². The molecule has 1 fully saturated rings. The second-order valence-electron chi connectivity index (χ2n) is 4.17. The standard InChI is InChI=1S/C12H15ClN2O3/c13-8-11(16)14-3-1-4-15(6-5-14)12(17)10-2-7-18-9-10/h2,7,9H,1,3-6,8H2. The van der Waals surface area contributed by atoms with E-state index in [1.165, 1.54) is 12.5 Å². The van der Waals surface area contributed by atoms with E-state index in [1.807, 2.05) is 0 Å². The van der Waals surface area contributed by atoms with E-state index in [0.717, 1.165) is 6.42 Å². The Morgan fingerprint density at radius 2 is 1.94 bits per heavy atom. The Kier molecular flexibility index (Phi) is 4.25. The summed E-state index contributed by atoms with van der Waals surface area (Å²) in [5.41, 5.74) is 0.548. The van der Waals surface area contributed by atoms with Crippen molar-refractivity contribution in [3.63, 3.8) is 0 Å². The van der Waals surface area contributed by atoms with Gasteiger partial charge in [0.25, 0.3) is 5.91 Å². The topological polar surface area (TPSA) is 53.8 Å². The second-order valence-corrected chi connectivity index (χ2v) is 4.44. The van der Waals surface area contributed by atoms with E-state index in [4.69, 9.17) is 16.0 Å². The molecule has 1 aliphatic rings. The fourth-order valence-corrected chi connectivity index (χ4v) is 2.19. The third-order valence-corrected chi connectivity index (χ3v) is 3.25. The molecular formula is C12H15ClN2O3. The smallest absolute Gasteiger partial charge is 0.257 e. The second kappa shape index (κ2) is 5.91. The summed E-state index contributed by atoms with van der Waals surface area (Å²) in [6.45, 7) is 2.37. The van der Waals surface area contributed by atoms with Gasteiger partial charge in [0.05, 0.1) is 11.8 Å². The Balaban J connectivity index is 1.97. The lowest BCUT2D eigenvalue weighted by Gasteiger charge is -2.21. The number of alkyl halides is 1. The maximum absolute atomic E-state index is 12.1. The molecule has 0 aromatic carbocycles. The van der Waals surface area contributed by atoms with Crippen LogP contribution in [-0.2, 0) is 4.79 Å². The van der Waals surface area contributed by atoms with Crippen LogP contribution in [-0.4, -0.2) is 53.7 Å². The van der Waals surface area contributed by atoms with Crippen LogP contribution in [0.2, 0.25) is 0 Å². The Morgan fingerprint density at radius 1 is 1.22 bits per heavy atom. The van der Waals surface area contributed by atoms with Crippen molar-refractivity contribution in [2.45, 2.75) is 6.42 Å². The lowest BCUT2D eigenvalue weighted by molar-refractivity contribution is -0.128. The molecule has 0 radical (unpaired) electrons. The van der Waals surface area contributed by atoms with Crippen LogP contribution in [0.3, 0.4) is 0 Å². The van der Waals surface area contributed by atoms with Crippen LogP contribution in [0.5, 0.6) is 0 Å². The molecule has 1 aromatic rings. The quantitative estimate of drug-likeness (QED) is 0.759. The Labute approximate surface area is 110 Å². The third kappa shape index (κ3) is 2.85. The van der Waals surface area contributed by atoms with Crippen molar-refractivity contribution in [3.05, 3.63) is 24.2 Å². The number of rotatable bonds is 2. The number of hydrogen-bond acceptors (Lipinski definition) is 3. The maximum atomic E-state index is 12.1. The van der Waals surface area contributed by atoms with Crippen molar-refractivity contribution >= 4 is 23.4 Å². The molecule has 1 aromatic heterocycles. The summed E-state index contributed by atoms with van der Waals surface area (Å²) < 4.78 is 4.90. The van der Waals surface area contributed by atoms with Gasteiger partial charge < -0.3 is 14.2 Å². The molecular weight excluding hydrogens is 256 g/mol. The summed E-state index contributed by atoms with van der Waals surface area (Å²) in [6.07, 6.45) is 3.69. The highest BCUT2D eigenvalue weighted by Gasteiger charge is 2.22. The SMILES string of the molecule is O=C(CCl)N1CCCN(C(=O)c2ccoc2)CC1. The first-order valence-corrected chi connectivity index (χ1v) is 6.41.